The maximum atomic E-state index is 13.3. The van der Waals surface area contributed by atoms with E-state index in [4.69, 9.17) is 0 Å². The Bertz CT molecular complexity index is 679. The minimum absolute atomic E-state index is 0.129. The summed E-state index contributed by atoms with van der Waals surface area (Å²) >= 11 is 0. The number of nitrogens with zero attached hydrogens (tertiary/aromatic N) is 1. The molecule has 0 aromatic heterocycles. The van der Waals surface area contributed by atoms with E-state index in [0.29, 0.717) is 0 Å². The molecule has 2 aromatic rings. The summed E-state index contributed by atoms with van der Waals surface area (Å²) in [5.74, 6) is -0.104. The fourth-order valence-corrected chi connectivity index (χ4v) is 3.53. The fraction of sp³-hybridized carbons (Fsp3) is 0.409. The number of amides is 1. The van der Waals surface area contributed by atoms with Crippen molar-refractivity contribution < 1.29 is 9.18 Å². The molecule has 1 aliphatic rings. The van der Waals surface area contributed by atoms with E-state index in [2.05, 4.69) is 5.32 Å². The van der Waals surface area contributed by atoms with Gasteiger partial charge in [-0.15, -0.1) is 0 Å². The smallest absolute Gasteiger partial charge is 0.236 e. The van der Waals surface area contributed by atoms with E-state index in [9.17, 15) is 9.18 Å². The summed E-state index contributed by atoms with van der Waals surface area (Å²) in [4.78, 5) is 14.7. The number of carbonyl (C=O) groups excluding carboxylic acids is 1. The van der Waals surface area contributed by atoms with Crippen LogP contribution in [-0.2, 0) is 4.79 Å². The lowest BCUT2D eigenvalue weighted by atomic mass is 9.98. The lowest BCUT2D eigenvalue weighted by Gasteiger charge is -2.26. The van der Waals surface area contributed by atoms with Gasteiger partial charge in [-0.05, 0) is 36.1 Å². The third-order valence-corrected chi connectivity index (χ3v) is 5.00. The van der Waals surface area contributed by atoms with E-state index in [1.807, 2.05) is 35.2 Å². The average molecular weight is 354 g/mol. The first-order chi connectivity index (χ1) is 12.7. The standard InChI is InChI=1S/C22H27FN2O/c23-20-13-11-19(12-14-20)22(18-9-5-4-6-10-18)24-17-21(26)25-15-7-2-1-3-8-16-25/h4-6,9-14,22,24H,1-3,7-8,15-17H2. The van der Waals surface area contributed by atoms with Gasteiger partial charge in [0.05, 0.1) is 12.6 Å². The quantitative estimate of drug-likeness (QED) is 0.868. The number of hydrogen-bond acceptors (Lipinski definition) is 2. The van der Waals surface area contributed by atoms with Crippen LogP contribution in [0.4, 0.5) is 4.39 Å². The second-order valence-electron chi connectivity index (χ2n) is 6.92. The van der Waals surface area contributed by atoms with Crippen LogP contribution in [0.15, 0.2) is 54.6 Å². The summed E-state index contributed by atoms with van der Waals surface area (Å²) in [6.07, 6.45) is 5.87. The molecule has 1 fully saturated rings. The zero-order valence-electron chi connectivity index (χ0n) is 15.2. The molecule has 1 N–H and O–H groups in total. The van der Waals surface area contributed by atoms with Crippen LogP contribution in [0.2, 0.25) is 0 Å². The van der Waals surface area contributed by atoms with Gasteiger partial charge in [-0.3, -0.25) is 10.1 Å². The van der Waals surface area contributed by atoms with Gasteiger partial charge in [-0.1, -0.05) is 61.7 Å². The molecule has 4 heteroatoms. The monoisotopic (exact) mass is 354 g/mol. The van der Waals surface area contributed by atoms with Crippen molar-refractivity contribution in [1.82, 2.24) is 10.2 Å². The van der Waals surface area contributed by atoms with Gasteiger partial charge in [0, 0.05) is 13.1 Å². The molecule has 3 nitrogen and oxygen atoms in total. The van der Waals surface area contributed by atoms with Gasteiger partial charge in [0.1, 0.15) is 5.82 Å². The van der Waals surface area contributed by atoms with Gasteiger partial charge in [-0.2, -0.15) is 0 Å². The van der Waals surface area contributed by atoms with Crippen LogP contribution in [-0.4, -0.2) is 30.4 Å². The fourth-order valence-electron chi connectivity index (χ4n) is 3.53. The van der Waals surface area contributed by atoms with Gasteiger partial charge in [0.2, 0.25) is 5.91 Å². The highest BCUT2D eigenvalue weighted by Gasteiger charge is 2.18. The van der Waals surface area contributed by atoms with Crippen molar-refractivity contribution in [2.75, 3.05) is 19.6 Å². The van der Waals surface area contributed by atoms with Gasteiger partial charge in [-0.25, -0.2) is 4.39 Å². The Labute approximate surface area is 155 Å². The van der Waals surface area contributed by atoms with Crippen LogP contribution in [0.25, 0.3) is 0 Å². The summed E-state index contributed by atoms with van der Waals surface area (Å²) in [7, 11) is 0. The van der Waals surface area contributed by atoms with E-state index < -0.39 is 0 Å². The molecule has 1 unspecified atom stereocenters. The molecular formula is C22H27FN2O. The Morgan fingerprint density at radius 1 is 0.885 bits per heavy atom. The lowest BCUT2D eigenvalue weighted by molar-refractivity contribution is -0.130. The third-order valence-electron chi connectivity index (χ3n) is 5.00. The van der Waals surface area contributed by atoms with E-state index in [0.717, 1.165) is 37.1 Å². The Morgan fingerprint density at radius 2 is 1.46 bits per heavy atom. The van der Waals surface area contributed by atoms with E-state index in [1.165, 1.54) is 31.4 Å². The van der Waals surface area contributed by atoms with Crippen LogP contribution in [0.1, 0.15) is 49.3 Å². The van der Waals surface area contributed by atoms with Crippen molar-refractivity contribution in [2.24, 2.45) is 0 Å². The largest absolute Gasteiger partial charge is 0.342 e. The Hall–Kier alpha value is -2.20. The first kappa shape index (κ1) is 18.6. The first-order valence-corrected chi connectivity index (χ1v) is 9.55. The molecular weight excluding hydrogens is 327 g/mol. The van der Waals surface area contributed by atoms with Crippen LogP contribution >= 0.6 is 0 Å². The molecule has 26 heavy (non-hydrogen) atoms. The number of rotatable bonds is 5. The van der Waals surface area contributed by atoms with Gasteiger partial charge in [0.25, 0.3) is 0 Å². The number of halogens is 1. The van der Waals surface area contributed by atoms with Gasteiger partial charge in [0.15, 0.2) is 0 Å². The highest BCUT2D eigenvalue weighted by atomic mass is 19.1. The summed E-state index contributed by atoms with van der Waals surface area (Å²) < 4.78 is 13.3. The minimum atomic E-state index is -0.253. The number of nitrogens with one attached hydrogen (secondary N) is 1. The van der Waals surface area contributed by atoms with Crippen LogP contribution < -0.4 is 5.32 Å². The highest BCUT2D eigenvalue weighted by molar-refractivity contribution is 5.78. The number of hydrogen-bond donors (Lipinski definition) is 1. The Balaban J connectivity index is 1.69. The first-order valence-electron chi connectivity index (χ1n) is 9.55. The molecule has 0 spiro atoms. The molecule has 0 bridgehead atoms. The highest BCUT2D eigenvalue weighted by Crippen LogP contribution is 2.22. The number of likely N-dealkylation sites (tertiary alicyclic amines) is 1. The number of benzene rings is 2. The number of carbonyl (C=O) groups is 1. The predicted molar refractivity (Wildman–Crippen MR) is 102 cm³/mol. The minimum Gasteiger partial charge on any atom is -0.342 e. The van der Waals surface area contributed by atoms with Crippen LogP contribution in [0.5, 0.6) is 0 Å². The molecule has 0 aliphatic carbocycles. The lowest BCUT2D eigenvalue weighted by Crippen LogP contribution is -2.41. The maximum absolute atomic E-state index is 13.3. The van der Waals surface area contributed by atoms with Crippen molar-refractivity contribution >= 4 is 5.91 Å². The Kier molecular flexibility index (Phi) is 6.78. The Morgan fingerprint density at radius 3 is 2.12 bits per heavy atom. The van der Waals surface area contributed by atoms with Crippen molar-refractivity contribution in [3.63, 3.8) is 0 Å². The molecule has 1 amide bonds. The topological polar surface area (TPSA) is 32.3 Å². The molecule has 138 valence electrons. The molecule has 2 aromatic carbocycles. The van der Waals surface area contributed by atoms with E-state index in [-0.39, 0.29) is 24.3 Å². The normalized spacial score (nSPS) is 16.6. The summed E-state index contributed by atoms with van der Waals surface area (Å²) in [6, 6.07) is 16.3. The summed E-state index contributed by atoms with van der Waals surface area (Å²) in [5, 5.41) is 3.39. The van der Waals surface area contributed by atoms with Crippen molar-refractivity contribution in [3.8, 4) is 0 Å². The van der Waals surface area contributed by atoms with Crippen molar-refractivity contribution in [1.29, 1.82) is 0 Å². The zero-order chi connectivity index (χ0) is 18.2. The predicted octanol–water partition coefficient (Wildman–Crippen LogP) is 4.30. The average Bonchev–Trinajstić information content (AvgIpc) is 2.64. The van der Waals surface area contributed by atoms with E-state index >= 15 is 0 Å². The van der Waals surface area contributed by atoms with Crippen molar-refractivity contribution in [3.05, 3.63) is 71.5 Å². The van der Waals surface area contributed by atoms with Crippen LogP contribution in [0, 0.1) is 5.82 Å². The third kappa shape index (κ3) is 5.15. The van der Waals surface area contributed by atoms with Crippen molar-refractivity contribution in [2.45, 2.75) is 38.1 Å². The SMILES string of the molecule is O=C(CNC(c1ccccc1)c1ccc(F)cc1)N1CCCCCCC1. The molecule has 0 radical (unpaired) electrons. The molecule has 0 saturated carbocycles. The van der Waals surface area contributed by atoms with E-state index in [1.54, 1.807) is 12.1 Å². The molecule has 1 aliphatic heterocycles. The molecule has 1 saturated heterocycles. The second kappa shape index (κ2) is 9.48. The zero-order valence-corrected chi connectivity index (χ0v) is 15.2. The molecule has 1 heterocycles. The van der Waals surface area contributed by atoms with Crippen LogP contribution in [0.3, 0.4) is 0 Å². The maximum Gasteiger partial charge on any atom is 0.236 e. The van der Waals surface area contributed by atoms with Gasteiger partial charge < -0.3 is 4.90 Å². The second-order valence-corrected chi connectivity index (χ2v) is 6.92. The summed E-state index contributed by atoms with van der Waals surface area (Å²) in [6.45, 7) is 2.00. The molecule has 1 atom stereocenters. The van der Waals surface area contributed by atoms with Gasteiger partial charge >= 0.3 is 0 Å². The summed E-state index contributed by atoms with van der Waals surface area (Å²) in [5.41, 5.74) is 2.03. The molecule has 3 rings (SSSR count).